The molecule has 10 heteroatoms. The van der Waals surface area contributed by atoms with Gasteiger partial charge in [-0.2, -0.15) is 0 Å². The summed E-state index contributed by atoms with van der Waals surface area (Å²) < 4.78 is 20.6. The molecule has 1 saturated heterocycles. The lowest BCUT2D eigenvalue weighted by Crippen LogP contribution is -2.45. The zero-order valence-electron chi connectivity index (χ0n) is 15.7. The van der Waals surface area contributed by atoms with Crippen LogP contribution in [0.2, 0.25) is 5.02 Å². The van der Waals surface area contributed by atoms with Crippen LogP contribution in [0.5, 0.6) is 0 Å². The normalized spacial score (nSPS) is 20.0. The van der Waals surface area contributed by atoms with Gasteiger partial charge in [-0.1, -0.05) is 11.6 Å². The van der Waals surface area contributed by atoms with Crippen LogP contribution in [0, 0.1) is 5.82 Å². The zero-order valence-corrected chi connectivity index (χ0v) is 18.1. The number of rotatable bonds is 4. The second-order valence-corrected chi connectivity index (χ2v) is 9.29. The number of anilines is 1. The summed E-state index contributed by atoms with van der Waals surface area (Å²) in [6, 6.07) is 8.02. The Hall–Kier alpha value is -1.91. The molecule has 0 unspecified atom stereocenters. The Morgan fingerprint density at radius 3 is 2.90 bits per heavy atom. The Morgan fingerprint density at radius 1 is 1.34 bits per heavy atom. The summed E-state index contributed by atoms with van der Waals surface area (Å²) >= 11 is 8.91. The van der Waals surface area contributed by atoms with Gasteiger partial charge >= 0.3 is 0 Å². The highest BCUT2D eigenvalue weighted by Crippen LogP contribution is 2.37. The number of carbonyl (C=O) groups is 1. The topological polar surface area (TPSA) is 62.2 Å². The minimum absolute atomic E-state index is 0.0185. The minimum Gasteiger partial charge on any atom is -0.333 e. The van der Waals surface area contributed by atoms with Gasteiger partial charge in [-0.05, 0) is 43.8 Å². The number of carbonyl (C=O) groups excluding carboxylic acids is 1. The van der Waals surface area contributed by atoms with E-state index in [9.17, 15) is 9.18 Å². The van der Waals surface area contributed by atoms with Gasteiger partial charge in [-0.3, -0.25) is 4.79 Å². The molecule has 0 saturated carbocycles. The molecule has 1 aliphatic heterocycles. The molecule has 0 aliphatic carbocycles. The number of aromatic nitrogens is 2. The molecule has 2 N–H and O–H groups in total. The molecule has 6 nitrogen and oxygen atoms in total. The molecule has 0 bridgehead atoms. The van der Waals surface area contributed by atoms with Crippen LogP contribution >= 0.6 is 35.1 Å². The van der Waals surface area contributed by atoms with Crippen LogP contribution in [0.4, 0.5) is 10.1 Å². The number of imidazole rings is 1. The van der Waals surface area contributed by atoms with Crippen molar-refractivity contribution in [2.24, 2.45) is 7.05 Å². The molecule has 3 heterocycles. The van der Waals surface area contributed by atoms with Crippen molar-refractivity contribution < 1.29 is 9.18 Å². The molecule has 2 aromatic heterocycles. The van der Waals surface area contributed by atoms with Crippen molar-refractivity contribution in [1.82, 2.24) is 18.6 Å². The number of likely N-dealkylation sites (N-methyl/N-ethyl adjacent to an activating group) is 1. The van der Waals surface area contributed by atoms with E-state index in [4.69, 9.17) is 11.6 Å². The first-order valence-corrected chi connectivity index (χ1v) is 10.9. The van der Waals surface area contributed by atoms with Gasteiger partial charge in [0.2, 0.25) is 5.91 Å². The van der Waals surface area contributed by atoms with Crippen molar-refractivity contribution in [2.75, 3.05) is 12.4 Å². The predicted molar refractivity (Wildman–Crippen MR) is 116 cm³/mol. The molecule has 1 aliphatic rings. The number of thiophene rings is 1. The second kappa shape index (κ2) is 8.45. The van der Waals surface area contributed by atoms with Gasteiger partial charge < -0.3 is 9.88 Å². The molecular formula is C19H19ClFN5OS2. The van der Waals surface area contributed by atoms with Crippen molar-refractivity contribution in [3.05, 3.63) is 58.6 Å². The maximum Gasteiger partial charge on any atom is 0.242 e. The van der Waals surface area contributed by atoms with Gasteiger partial charge in [0.15, 0.2) is 0 Å². The van der Waals surface area contributed by atoms with E-state index in [0.29, 0.717) is 12.1 Å². The lowest BCUT2D eigenvalue weighted by atomic mass is 10.1. The van der Waals surface area contributed by atoms with Gasteiger partial charge in [0.05, 0.1) is 34.2 Å². The molecule has 2 atom stereocenters. The smallest absolute Gasteiger partial charge is 0.242 e. The molecule has 152 valence electrons. The van der Waals surface area contributed by atoms with Gasteiger partial charge in [-0.25, -0.2) is 18.4 Å². The maximum atomic E-state index is 13.4. The highest BCUT2D eigenvalue weighted by molar-refractivity contribution is 7.95. The van der Waals surface area contributed by atoms with Gasteiger partial charge in [0.1, 0.15) is 11.9 Å². The first kappa shape index (κ1) is 20.4. The molecule has 29 heavy (non-hydrogen) atoms. The highest BCUT2D eigenvalue weighted by atomic mass is 35.5. The Balaban J connectivity index is 1.48. The first-order valence-electron chi connectivity index (χ1n) is 8.90. The third-order valence-corrected chi connectivity index (χ3v) is 7.21. The fraction of sp³-hybridized carbons (Fsp3) is 0.263. The van der Waals surface area contributed by atoms with E-state index in [1.807, 2.05) is 29.2 Å². The summed E-state index contributed by atoms with van der Waals surface area (Å²) in [7, 11) is 3.83. The fourth-order valence-corrected chi connectivity index (χ4v) is 5.35. The number of aryl methyl sites for hydroxylation is 1. The largest absolute Gasteiger partial charge is 0.333 e. The molecule has 1 fully saturated rings. The molecule has 4 rings (SSSR count). The number of amides is 1. The minimum atomic E-state index is -0.513. The Morgan fingerprint density at radius 2 is 2.17 bits per heavy atom. The second-order valence-electron chi connectivity index (χ2n) is 6.77. The molecular weight excluding hydrogens is 433 g/mol. The molecule has 0 spiro atoms. The van der Waals surface area contributed by atoms with E-state index in [1.54, 1.807) is 17.7 Å². The average molecular weight is 452 g/mol. The number of hydrogen-bond acceptors (Lipinski definition) is 6. The summed E-state index contributed by atoms with van der Waals surface area (Å²) in [5, 5.41) is 2.82. The van der Waals surface area contributed by atoms with E-state index < -0.39 is 5.82 Å². The summed E-state index contributed by atoms with van der Waals surface area (Å²) in [5.41, 5.74) is 1.54. The monoisotopic (exact) mass is 451 g/mol. The van der Waals surface area contributed by atoms with Crippen LogP contribution in [0.1, 0.15) is 17.3 Å². The van der Waals surface area contributed by atoms with Crippen molar-refractivity contribution in [3.8, 4) is 10.6 Å². The van der Waals surface area contributed by atoms with Crippen molar-refractivity contribution >= 4 is 46.7 Å². The van der Waals surface area contributed by atoms with E-state index in [0.717, 1.165) is 15.4 Å². The van der Waals surface area contributed by atoms with Crippen LogP contribution < -0.4 is 10.0 Å². The highest BCUT2D eigenvalue weighted by Gasteiger charge is 2.33. The number of nitrogens with zero attached hydrogens (tertiary/aromatic N) is 3. The van der Waals surface area contributed by atoms with Gasteiger partial charge in [0, 0.05) is 29.7 Å². The fourth-order valence-electron chi connectivity index (χ4n) is 3.15. The van der Waals surface area contributed by atoms with E-state index in [-0.39, 0.29) is 23.0 Å². The first-order chi connectivity index (χ1) is 13.9. The molecule has 3 aromatic rings. The summed E-state index contributed by atoms with van der Waals surface area (Å²) in [6.45, 7) is 0. The summed E-state index contributed by atoms with van der Waals surface area (Å²) in [4.78, 5) is 19.3. The Bertz CT molecular complexity index is 1040. The number of halogens is 2. The molecule has 1 aromatic carbocycles. The van der Waals surface area contributed by atoms with Crippen LogP contribution in [0.25, 0.3) is 10.6 Å². The SMILES string of the molecule is CN1SN[C@H](c2ccc(-c3cncn3C)s2)C[C@@H]1C(=O)Nc1ccc(F)c(Cl)c1. The van der Waals surface area contributed by atoms with E-state index in [1.165, 1.54) is 30.3 Å². The Labute approximate surface area is 181 Å². The summed E-state index contributed by atoms with van der Waals surface area (Å²) in [5.74, 6) is -0.668. The third kappa shape index (κ3) is 4.34. The van der Waals surface area contributed by atoms with E-state index >= 15 is 0 Å². The quantitative estimate of drug-likeness (QED) is 0.573. The van der Waals surface area contributed by atoms with Gasteiger partial charge in [0.25, 0.3) is 0 Å². The standard InChI is InChI=1S/C19H19ClFN5OS2/c1-25-10-22-9-16(25)18-6-5-17(28-18)14-8-15(26(2)29-24-14)19(27)23-11-3-4-13(21)12(20)7-11/h3-7,9-10,14-15,24H,8H2,1-2H3,(H,23,27)/t14-,15+/m0/s1. The van der Waals surface area contributed by atoms with Gasteiger partial charge in [-0.15, -0.1) is 11.3 Å². The average Bonchev–Trinajstić information content (AvgIpc) is 3.34. The number of nitrogens with one attached hydrogen (secondary N) is 2. The van der Waals surface area contributed by atoms with Crippen molar-refractivity contribution in [1.29, 1.82) is 0 Å². The predicted octanol–water partition coefficient (Wildman–Crippen LogP) is 4.48. The lowest BCUT2D eigenvalue weighted by molar-refractivity contribution is -0.119. The van der Waals surface area contributed by atoms with Crippen LogP contribution in [0.3, 0.4) is 0 Å². The number of hydrogen-bond donors (Lipinski definition) is 2. The van der Waals surface area contributed by atoms with Crippen molar-refractivity contribution in [3.63, 3.8) is 0 Å². The zero-order chi connectivity index (χ0) is 20.5. The van der Waals surface area contributed by atoms with Crippen LogP contribution in [-0.4, -0.2) is 32.9 Å². The van der Waals surface area contributed by atoms with Crippen LogP contribution in [-0.2, 0) is 11.8 Å². The third-order valence-electron chi connectivity index (χ3n) is 4.77. The van der Waals surface area contributed by atoms with Crippen LogP contribution in [0.15, 0.2) is 42.9 Å². The lowest BCUT2D eigenvalue weighted by Gasteiger charge is -2.35. The maximum absolute atomic E-state index is 13.4. The van der Waals surface area contributed by atoms with E-state index in [2.05, 4.69) is 27.2 Å². The molecule has 0 radical (unpaired) electrons. The summed E-state index contributed by atoms with van der Waals surface area (Å²) in [6.07, 6.45) is 4.23. The number of benzene rings is 1. The molecule has 1 amide bonds. The Kier molecular flexibility index (Phi) is 5.93. The van der Waals surface area contributed by atoms with Crippen molar-refractivity contribution in [2.45, 2.75) is 18.5 Å².